The Morgan fingerprint density at radius 3 is 2.40 bits per heavy atom. The van der Waals surface area contributed by atoms with Gasteiger partial charge in [-0.1, -0.05) is 44.2 Å². The van der Waals surface area contributed by atoms with Gasteiger partial charge in [-0.15, -0.1) is 0 Å². The standard InChI is InChI=1S/C26H31NO3/c1-5-13-27(14-6-2)26(28)15-19(4)21-16-22-23(20-11-9-8-10-12-20)18-30-25(22)17-24(21)29-7-3/h8-12,15-18H,5-7,13-14H2,1-4H3/b19-15+. The van der Waals surface area contributed by atoms with Crippen molar-refractivity contribution < 1.29 is 13.9 Å². The summed E-state index contributed by atoms with van der Waals surface area (Å²) in [4.78, 5) is 14.8. The molecule has 0 unspecified atom stereocenters. The van der Waals surface area contributed by atoms with E-state index in [1.54, 1.807) is 12.3 Å². The summed E-state index contributed by atoms with van der Waals surface area (Å²) < 4.78 is 11.7. The molecule has 0 fully saturated rings. The highest BCUT2D eigenvalue weighted by Gasteiger charge is 2.16. The molecule has 4 nitrogen and oxygen atoms in total. The van der Waals surface area contributed by atoms with Crippen LogP contribution in [-0.2, 0) is 4.79 Å². The van der Waals surface area contributed by atoms with Gasteiger partial charge in [-0.25, -0.2) is 0 Å². The average Bonchev–Trinajstić information content (AvgIpc) is 3.16. The van der Waals surface area contributed by atoms with Gasteiger partial charge in [0.2, 0.25) is 5.91 Å². The summed E-state index contributed by atoms with van der Waals surface area (Å²) in [5.41, 5.74) is 4.72. The number of ether oxygens (including phenoxy) is 1. The van der Waals surface area contributed by atoms with Crippen molar-refractivity contribution in [3.63, 3.8) is 0 Å². The monoisotopic (exact) mass is 405 g/mol. The van der Waals surface area contributed by atoms with Crippen molar-refractivity contribution in [3.05, 3.63) is 60.4 Å². The molecule has 0 saturated carbocycles. The van der Waals surface area contributed by atoms with Crippen molar-refractivity contribution in [3.8, 4) is 16.9 Å². The maximum atomic E-state index is 12.9. The molecule has 1 aromatic heterocycles. The zero-order valence-electron chi connectivity index (χ0n) is 18.4. The quantitative estimate of drug-likeness (QED) is 0.379. The molecule has 0 N–H and O–H groups in total. The Hall–Kier alpha value is -3.01. The SMILES string of the molecule is CCCN(CCC)C(=O)/C=C(\C)c1cc2c(-c3ccccc3)coc2cc1OCC. The van der Waals surface area contributed by atoms with Crippen molar-refractivity contribution in [1.82, 2.24) is 4.90 Å². The maximum Gasteiger partial charge on any atom is 0.246 e. The summed E-state index contributed by atoms with van der Waals surface area (Å²) in [5.74, 6) is 0.785. The first-order valence-electron chi connectivity index (χ1n) is 10.8. The average molecular weight is 406 g/mol. The van der Waals surface area contributed by atoms with Crippen LogP contribution in [0.4, 0.5) is 0 Å². The van der Waals surface area contributed by atoms with E-state index in [2.05, 4.69) is 32.0 Å². The van der Waals surface area contributed by atoms with Crippen LogP contribution in [0.25, 0.3) is 27.7 Å². The Bertz CT molecular complexity index is 1010. The molecule has 0 aliphatic carbocycles. The summed E-state index contributed by atoms with van der Waals surface area (Å²) in [6.45, 7) is 10.2. The number of carbonyl (C=O) groups excluding carboxylic acids is 1. The number of fused-ring (bicyclic) bond motifs is 1. The molecule has 1 heterocycles. The lowest BCUT2D eigenvalue weighted by molar-refractivity contribution is -0.126. The van der Waals surface area contributed by atoms with E-state index in [9.17, 15) is 4.79 Å². The summed E-state index contributed by atoms with van der Waals surface area (Å²) in [6.07, 6.45) is 5.42. The highest BCUT2D eigenvalue weighted by molar-refractivity contribution is 6.00. The number of benzene rings is 2. The predicted molar refractivity (Wildman–Crippen MR) is 124 cm³/mol. The van der Waals surface area contributed by atoms with Gasteiger partial charge in [0.15, 0.2) is 0 Å². The minimum absolute atomic E-state index is 0.0502. The molecule has 4 heteroatoms. The van der Waals surface area contributed by atoms with Crippen LogP contribution >= 0.6 is 0 Å². The molecule has 0 aliphatic heterocycles. The van der Waals surface area contributed by atoms with E-state index in [1.165, 1.54) is 0 Å². The molecule has 0 bridgehead atoms. The van der Waals surface area contributed by atoms with Gasteiger partial charge in [-0.2, -0.15) is 0 Å². The molecule has 0 spiro atoms. The van der Waals surface area contributed by atoms with Crippen LogP contribution in [0.2, 0.25) is 0 Å². The fourth-order valence-corrected chi connectivity index (χ4v) is 3.71. The molecule has 1 amide bonds. The minimum atomic E-state index is 0.0502. The number of allylic oxidation sites excluding steroid dienone is 1. The number of furan rings is 1. The maximum absolute atomic E-state index is 12.9. The van der Waals surface area contributed by atoms with E-state index >= 15 is 0 Å². The normalized spacial score (nSPS) is 11.7. The first kappa shape index (κ1) is 21.7. The third-order valence-electron chi connectivity index (χ3n) is 5.12. The highest BCUT2D eigenvalue weighted by Crippen LogP contribution is 2.37. The molecule has 0 atom stereocenters. The van der Waals surface area contributed by atoms with Crippen molar-refractivity contribution in [2.45, 2.75) is 40.5 Å². The first-order valence-corrected chi connectivity index (χ1v) is 10.8. The van der Waals surface area contributed by atoms with Crippen LogP contribution < -0.4 is 4.74 Å². The van der Waals surface area contributed by atoms with Crippen molar-refractivity contribution in [1.29, 1.82) is 0 Å². The summed E-state index contributed by atoms with van der Waals surface area (Å²) in [6, 6.07) is 14.2. The number of carbonyl (C=O) groups is 1. The Kier molecular flexibility index (Phi) is 7.34. The Balaban J connectivity index is 2.06. The largest absolute Gasteiger partial charge is 0.493 e. The molecule has 3 aromatic rings. The van der Waals surface area contributed by atoms with Crippen LogP contribution in [0.1, 0.15) is 46.1 Å². The molecule has 158 valence electrons. The van der Waals surface area contributed by atoms with Gasteiger partial charge in [0.1, 0.15) is 11.3 Å². The second-order valence-corrected chi connectivity index (χ2v) is 7.45. The van der Waals surface area contributed by atoms with E-state index in [4.69, 9.17) is 9.15 Å². The number of hydrogen-bond donors (Lipinski definition) is 0. The fourth-order valence-electron chi connectivity index (χ4n) is 3.71. The van der Waals surface area contributed by atoms with Crippen molar-refractivity contribution in [2.24, 2.45) is 0 Å². The third kappa shape index (κ3) is 4.76. The van der Waals surface area contributed by atoms with Crippen LogP contribution in [0.15, 0.2) is 59.2 Å². The number of rotatable bonds is 9. The van der Waals surface area contributed by atoms with E-state index in [-0.39, 0.29) is 5.91 Å². The smallest absolute Gasteiger partial charge is 0.246 e. The number of hydrogen-bond acceptors (Lipinski definition) is 3. The zero-order valence-corrected chi connectivity index (χ0v) is 18.4. The van der Waals surface area contributed by atoms with Gasteiger partial charge < -0.3 is 14.1 Å². The van der Waals surface area contributed by atoms with Crippen molar-refractivity contribution in [2.75, 3.05) is 19.7 Å². The molecular weight excluding hydrogens is 374 g/mol. The van der Waals surface area contributed by atoms with Gasteiger partial charge in [-0.05, 0) is 43.9 Å². The molecule has 0 saturated heterocycles. The molecule has 0 radical (unpaired) electrons. The Morgan fingerprint density at radius 1 is 1.07 bits per heavy atom. The summed E-state index contributed by atoms with van der Waals surface area (Å²) in [7, 11) is 0. The Labute approximate surface area is 179 Å². The van der Waals surface area contributed by atoms with E-state index in [0.29, 0.717) is 6.61 Å². The van der Waals surface area contributed by atoms with Gasteiger partial charge in [0, 0.05) is 41.7 Å². The molecule has 3 rings (SSSR count). The Morgan fingerprint density at radius 2 is 1.77 bits per heavy atom. The molecule has 30 heavy (non-hydrogen) atoms. The molecule has 2 aromatic carbocycles. The van der Waals surface area contributed by atoms with Crippen molar-refractivity contribution >= 4 is 22.4 Å². The lowest BCUT2D eigenvalue weighted by Gasteiger charge is -2.20. The topological polar surface area (TPSA) is 42.7 Å². The van der Waals surface area contributed by atoms with Gasteiger partial charge in [-0.3, -0.25) is 4.79 Å². The highest BCUT2D eigenvalue weighted by atomic mass is 16.5. The lowest BCUT2D eigenvalue weighted by Crippen LogP contribution is -2.31. The van der Waals surface area contributed by atoms with Gasteiger partial charge in [0.05, 0.1) is 12.9 Å². The lowest BCUT2D eigenvalue weighted by atomic mass is 9.99. The van der Waals surface area contributed by atoms with E-state index in [1.807, 2.05) is 43.0 Å². The predicted octanol–water partition coefficient (Wildman–Crippen LogP) is 6.55. The number of amides is 1. The first-order chi connectivity index (χ1) is 14.6. The van der Waals surface area contributed by atoms with Gasteiger partial charge >= 0.3 is 0 Å². The second kappa shape index (κ2) is 10.1. The molecule has 0 aliphatic rings. The van der Waals surface area contributed by atoms with Crippen LogP contribution in [0, 0.1) is 0 Å². The fraction of sp³-hybridized carbons (Fsp3) is 0.346. The molecular formula is C26H31NO3. The zero-order chi connectivity index (χ0) is 21.5. The van der Waals surface area contributed by atoms with Crippen LogP contribution in [0.5, 0.6) is 5.75 Å². The van der Waals surface area contributed by atoms with Crippen LogP contribution in [0.3, 0.4) is 0 Å². The van der Waals surface area contributed by atoms with Crippen LogP contribution in [-0.4, -0.2) is 30.5 Å². The summed E-state index contributed by atoms with van der Waals surface area (Å²) >= 11 is 0. The number of nitrogens with zero attached hydrogens (tertiary/aromatic N) is 1. The minimum Gasteiger partial charge on any atom is -0.493 e. The van der Waals surface area contributed by atoms with Gasteiger partial charge in [0.25, 0.3) is 0 Å². The van der Waals surface area contributed by atoms with E-state index < -0.39 is 0 Å². The second-order valence-electron chi connectivity index (χ2n) is 7.45. The third-order valence-corrected chi connectivity index (χ3v) is 5.12. The van der Waals surface area contributed by atoms with E-state index in [0.717, 1.165) is 64.9 Å². The summed E-state index contributed by atoms with van der Waals surface area (Å²) in [5, 5.41) is 1.01.